The van der Waals surface area contributed by atoms with E-state index in [1.165, 1.54) is 17.1 Å². The van der Waals surface area contributed by atoms with Gasteiger partial charge in [-0.1, -0.05) is 35.0 Å². The topological polar surface area (TPSA) is 94.4 Å². The van der Waals surface area contributed by atoms with Gasteiger partial charge in [0.25, 0.3) is 11.8 Å². The molecule has 0 bridgehead atoms. The lowest BCUT2D eigenvalue weighted by molar-refractivity contribution is -0.123. The molecule has 142 valence electrons. The van der Waals surface area contributed by atoms with E-state index in [1.807, 2.05) is 6.07 Å². The number of carbonyl (C=O) groups excluding carboxylic acids is 3. The Morgan fingerprint density at radius 1 is 1.14 bits per heavy atom. The van der Waals surface area contributed by atoms with Crippen LogP contribution in [-0.4, -0.2) is 41.4 Å². The van der Waals surface area contributed by atoms with Crippen molar-refractivity contribution < 1.29 is 18.8 Å². The first-order valence-electron chi connectivity index (χ1n) is 8.31. The standard InChI is InChI=1S/C18H13ClFN5O3/c19-12-8-11(6-7-13(12)20)25-17(27)15-16(18(25)28)24(23-22-15)9-14(26)21-10-4-2-1-3-5-10/h1-8,15-16H,9H2,(H,21,26). The number of nitrogens with one attached hydrogen (secondary N) is 1. The van der Waals surface area contributed by atoms with E-state index in [0.29, 0.717) is 5.69 Å². The average molecular weight is 402 g/mol. The van der Waals surface area contributed by atoms with E-state index >= 15 is 0 Å². The highest BCUT2D eigenvalue weighted by molar-refractivity contribution is 6.32. The number of halogens is 2. The van der Waals surface area contributed by atoms with E-state index in [4.69, 9.17) is 11.6 Å². The Bertz CT molecular complexity index is 1000. The van der Waals surface area contributed by atoms with Gasteiger partial charge >= 0.3 is 0 Å². The lowest BCUT2D eigenvalue weighted by Crippen LogP contribution is -2.43. The van der Waals surface area contributed by atoms with Gasteiger partial charge in [-0.25, -0.2) is 9.29 Å². The first-order valence-corrected chi connectivity index (χ1v) is 8.68. The fourth-order valence-electron chi connectivity index (χ4n) is 3.10. The second-order valence-corrected chi connectivity index (χ2v) is 6.62. The van der Waals surface area contributed by atoms with E-state index in [1.54, 1.807) is 24.3 Å². The Morgan fingerprint density at radius 3 is 2.61 bits per heavy atom. The van der Waals surface area contributed by atoms with Crippen LogP contribution in [0.4, 0.5) is 15.8 Å². The van der Waals surface area contributed by atoms with Crippen LogP contribution in [-0.2, 0) is 14.4 Å². The van der Waals surface area contributed by atoms with Crippen molar-refractivity contribution in [1.29, 1.82) is 0 Å². The van der Waals surface area contributed by atoms with Gasteiger partial charge in [-0.05, 0) is 30.3 Å². The molecule has 2 heterocycles. The van der Waals surface area contributed by atoms with Gasteiger partial charge in [-0.3, -0.25) is 19.4 Å². The number of imide groups is 1. The van der Waals surface area contributed by atoms with Crippen molar-refractivity contribution >= 4 is 40.7 Å². The van der Waals surface area contributed by atoms with Gasteiger partial charge in [0, 0.05) is 5.69 Å². The van der Waals surface area contributed by atoms with Crippen molar-refractivity contribution in [3.8, 4) is 0 Å². The van der Waals surface area contributed by atoms with Gasteiger partial charge in [0.1, 0.15) is 12.4 Å². The molecule has 1 fully saturated rings. The Hall–Kier alpha value is -3.33. The summed E-state index contributed by atoms with van der Waals surface area (Å²) in [5.41, 5.74) is 0.733. The minimum Gasteiger partial charge on any atom is -0.324 e. The zero-order valence-electron chi connectivity index (χ0n) is 14.3. The molecule has 2 aromatic carbocycles. The highest BCUT2D eigenvalue weighted by Gasteiger charge is 2.55. The lowest BCUT2D eigenvalue weighted by atomic mass is 10.1. The third-order valence-electron chi connectivity index (χ3n) is 4.38. The van der Waals surface area contributed by atoms with E-state index < -0.39 is 35.6 Å². The largest absolute Gasteiger partial charge is 0.324 e. The molecule has 0 spiro atoms. The summed E-state index contributed by atoms with van der Waals surface area (Å²) in [7, 11) is 0. The molecule has 2 unspecified atom stereocenters. The quantitative estimate of drug-likeness (QED) is 0.796. The van der Waals surface area contributed by atoms with Crippen LogP contribution < -0.4 is 10.2 Å². The van der Waals surface area contributed by atoms with Crippen LogP contribution in [0.15, 0.2) is 58.9 Å². The highest BCUT2D eigenvalue weighted by atomic mass is 35.5. The molecule has 3 amide bonds. The Labute approximate surface area is 163 Å². The number of anilines is 2. The second kappa shape index (κ2) is 7.01. The molecule has 0 aromatic heterocycles. The maximum absolute atomic E-state index is 13.4. The van der Waals surface area contributed by atoms with Gasteiger partial charge < -0.3 is 5.32 Å². The van der Waals surface area contributed by atoms with E-state index in [-0.39, 0.29) is 17.3 Å². The molecule has 1 N–H and O–H groups in total. The Kier molecular flexibility index (Phi) is 4.52. The summed E-state index contributed by atoms with van der Waals surface area (Å²) >= 11 is 5.75. The highest BCUT2D eigenvalue weighted by Crippen LogP contribution is 2.33. The summed E-state index contributed by atoms with van der Waals surface area (Å²) < 4.78 is 13.4. The predicted octanol–water partition coefficient (Wildman–Crippen LogP) is 2.41. The first kappa shape index (κ1) is 18.1. The molecule has 2 aliphatic rings. The van der Waals surface area contributed by atoms with Crippen LogP contribution in [0.5, 0.6) is 0 Å². The van der Waals surface area contributed by atoms with Crippen LogP contribution in [0.3, 0.4) is 0 Å². The van der Waals surface area contributed by atoms with Gasteiger partial charge in [-0.15, -0.1) is 0 Å². The number of hydrogen-bond acceptors (Lipinski definition) is 6. The molecule has 2 aromatic rings. The molecule has 2 aliphatic heterocycles. The van der Waals surface area contributed by atoms with Crippen molar-refractivity contribution in [2.45, 2.75) is 12.1 Å². The molecule has 4 rings (SSSR count). The van der Waals surface area contributed by atoms with E-state index in [0.717, 1.165) is 11.0 Å². The monoisotopic (exact) mass is 401 g/mol. The third-order valence-corrected chi connectivity index (χ3v) is 4.67. The minimum atomic E-state index is -1.05. The number of benzene rings is 2. The second-order valence-electron chi connectivity index (χ2n) is 6.22. The van der Waals surface area contributed by atoms with Crippen molar-refractivity contribution in [1.82, 2.24) is 5.01 Å². The summed E-state index contributed by atoms with van der Waals surface area (Å²) in [4.78, 5) is 38.6. The molecule has 28 heavy (non-hydrogen) atoms. The average Bonchev–Trinajstić information content (AvgIpc) is 3.18. The van der Waals surface area contributed by atoms with Crippen molar-refractivity contribution in [2.75, 3.05) is 16.8 Å². The number of nitrogens with zero attached hydrogens (tertiary/aromatic N) is 4. The van der Waals surface area contributed by atoms with E-state index in [2.05, 4.69) is 15.7 Å². The zero-order chi connectivity index (χ0) is 19.8. The van der Waals surface area contributed by atoms with Crippen molar-refractivity contribution in [3.63, 3.8) is 0 Å². The summed E-state index contributed by atoms with van der Waals surface area (Å²) in [5.74, 6) is -2.28. The molecule has 1 saturated heterocycles. The smallest absolute Gasteiger partial charge is 0.263 e. The summed E-state index contributed by atoms with van der Waals surface area (Å²) in [6.45, 7) is -0.253. The minimum absolute atomic E-state index is 0.139. The van der Waals surface area contributed by atoms with Gasteiger partial charge in [0.05, 0.1) is 10.7 Å². The molecule has 0 saturated carbocycles. The first-order chi connectivity index (χ1) is 13.5. The molecular formula is C18H13ClFN5O3. The molecule has 0 radical (unpaired) electrons. The summed E-state index contributed by atoms with van der Waals surface area (Å²) in [6, 6.07) is 10.2. The van der Waals surface area contributed by atoms with Crippen molar-refractivity contribution in [2.24, 2.45) is 10.3 Å². The number of amides is 3. The van der Waals surface area contributed by atoms with E-state index in [9.17, 15) is 18.8 Å². The fraction of sp³-hybridized carbons (Fsp3) is 0.167. The molecule has 8 nitrogen and oxygen atoms in total. The molecule has 10 heteroatoms. The van der Waals surface area contributed by atoms with Crippen LogP contribution in [0.1, 0.15) is 0 Å². The maximum Gasteiger partial charge on any atom is 0.263 e. The summed E-state index contributed by atoms with van der Waals surface area (Å²) in [6.07, 6.45) is 0. The zero-order valence-corrected chi connectivity index (χ0v) is 15.0. The number of fused-ring (bicyclic) bond motifs is 1. The van der Waals surface area contributed by atoms with Crippen molar-refractivity contribution in [3.05, 3.63) is 59.4 Å². The number of para-hydroxylation sites is 1. The van der Waals surface area contributed by atoms with Crippen LogP contribution >= 0.6 is 11.6 Å². The van der Waals surface area contributed by atoms with Gasteiger partial charge in [-0.2, -0.15) is 5.11 Å². The maximum atomic E-state index is 13.4. The number of rotatable bonds is 4. The predicted molar refractivity (Wildman–Crippen MR) is 98.1 cm³/mol. The van der Waals surface area contributed by atoms with Gasteiger partial charge in [0.2, 0.25) is 5.91 Å². The Balaban J connectivity index is 1.51. The molecular weight excluding hydrogens is 389 g/mol. The SMILES string of the molecule is O=C(CN1N=NC2C(=O)N(c3ccc(F)c(Cl)c3)C(=O)C21)Nc1ccccc1. The van der Waals surface area contributed by atoms with Crippen LogP contribution in [0.2, 0.25) is 5.02 Å². The van der Waals surface area contributed by atoms with Gasteiger partial charge in [0.15, 0.2) is 12.1 Å². The number of carbonyl (C=O) groups is 3. The number of hydrogen-bond donors (Lipinski definition) is 1. The normalized spacial score (nSPS) is 20.6. The third kappa shape index (κ3) is 3.09. The van der Waals surface area contributed by atoms with Crippen LogP contribution in [0.25, 0.3) is 0 Å². The molecule has 0 aliphatic carbocycles. The summed E-state index contributed by atoms with van der Waals surface area (Å²) in [5, 5.41) is 11.3. The Morgan fingerprint density at radius 2 is 1.89 bits per heavy atom. The lowest BCUT2D eigenvalue weighted by Gasteiger charge is -2.20. The van der Waals surface area contributed by atoms with Crippen LogP contribution in [0, 0.1) is 5.82 Å². The fourth-order valence-corrected chi connectivity index (χ4v) is 3.28. The molecule has 2 atom stereocenters.